The molecule has 0 fully saturated rings. The number of carbonyl (C=O) groups excluding carboxylic acids is 1. The summed E-state index contributed by atoms with van der Waals surface area (Å²) < 4.78 is 31.0. The van der Waals surface area contributed by atoms with Gasteiger partial charge in [-0.15, -0.1) is 11.3 Å². The third-order valence-electron chi connectivity index (χ3n) is 4.31. The summed E-state index contributed by atoms with van der Waals surface area (Å²) in [6, 6.07) is 10.8. The highest BCUT2D eigenvalue weighted by molar-refractivity contribution is 9.11. The first-order chi connectivity index (χ1) is 13.5. The van der Waals surface area contributed by atoms with Gasteiger partial charge in [0.05, 0.1) is 20.5 Å². The van der Waals surface area contributed by atoms with Crippen molar-refractivity contribution in [2.24, 2.45) is 0 Å². The molecule has 4 aromatic rings. The highest BCUT2D eigenvalue weighted by atomic mass is 79.9. The lowest BCUT2D eigenvalue weighted by Gasteiger charge is -2.12. The Kier molecular flexibility index (Phi) is 5.23. The Labute approximate surface area is 172 Å². The van der Waals surface area contributed by atoms with Gasteiger partial charge in [-0.05, 0) is 45.8 Å². The second-order valence-electron chi connectivity index (χ2n) is 6.20. The van der Waals surface area contributed by atoms with E-state index in [1.165, 1.54) is 23.5 Å². The van der Waals surface area contributed by atoms with Crippen molar-refractivity contribution in [2.45, 2.75) is 13.1 Å². The quantitative estimate of drug-likeness (QED) is 0.448. The molecule has 1 aromatic carbocycles. The SMILES string of the molecule is O=C(NCc1cccnc1)c1cc2sc(Br)cc2n1Cc1ccc(F)cc1F. The minimum atomic E-state index is -0.641. The normalized spacial score (nSPS) is 11.1. The van der Waals surface area contributed by atoms with E-state index in [1.54, 1.807) is 29.1 Å². The van der Waals surface area contributed by atoms with Crippen molar-refractivity contribution in [2.75, 3.05) is 0 Å². The van der Waals surface area contributed by atoms with Crippen LogP contribution in [0.3, 0.4) is 0 Å². The number of aromatic nitrogens is 2. The molecule has 142 valence electrons. The number of nitrogens with one attached hydrogen (secondary N) is 1. The zero-order chi connectivity index (χ0) is 19.7. The molecule has 1 N–H and O–H groups in total. The van der Waals surface area contributed by atoms with Crippen LogP contribution in [0.4, 0.5) is 8.78 Å². The van der Waals surface area contributed by atoms with Crippen LogP contribution >= 0.6 is 27.3 Å². The Hall–Kier alpha value is -2.58. The van der Waals surface area contributed by atoms with Crippen LogP contribution in [0.15, 0.2) is 58.6 Å². The maximum absolute atomic E-state index is 14.2. The number of hydrogen-bond donors (Lipinski definition) is 1. The van der Waals surface area contributed by atoms with Crippen LogP contribution < -0.4 is 5.32 Å². The summed E-state index contributed by atoms with van der Waals surface area (Å²) in [6.07, 6.45) is 3.35. The molecule has 8 heteroatoms. The van der Waals surface area contributed by atoms with Gasteiger partial charge in [-0.25, -0.2) is 8.78 Å². The second kappa shape index (κ2) is 7.81. The zero-order valence-electron chi connectivity index (χ0n) is 14.5. The molecule has 0 saturated carbocycles. The van der Waals surface area contributed by atoms with Gasteiger partial charge >= 0.3 is 0 Å². The molecule has 4 rings (SSSR count). The fourth-order valence-corrected chi connectivity index (χ4v) is 4.53. The monoisotopic (exact) mass is 461 g/mol. The number of benzene rings is 1. The summed E-state index contributed by atoms with van der Waals surface area (Å²) in [5, 5.41) is 2.87. The Balaban J connectivity index is 1.66. The van der Waals surface area contributed by atoms with Gasteiger partial charge in [-0.1, -0.05) is 12.1 Å². The Morgan fingerprint density at radius 2 is 2.07 bits per heavy atom. The molecule has 0 unspecified atom stereocenters. The van der Waals surface area contributed by atoms with E-state index < -0.39 is 11.6 Å². The van der Waals surface area contributed by atoms with Crippen LogP contribution in [0.1, 0.15) is 21.6 Å². The summed E-state index contributed by atoms with van der Waals surface area (Å²) in [5.41, 5.74) is 2.42. The predicted molar refractivity (Wildman–Crippen MR) is 108 cm³/mol. The highest BCUT2D eigenvalue weighted by Gasteiger charge is 2.19. The molecule has 0 aliphatic rings. The standard InChI is InChI=1S/C20H14BrF2N3OS/c21-19-8-16-18(28-19)7-17(20(27)25-10-12-2-1-5-24-9-12)26(16)11-13-3-4-14(22)6-15(13)23/h1-9H,10-11H2,(H,25,27). The van der Waals surface area contributed by atoms with Gasteiger partial charge in [0.1, 0.15) is 17.3 Å². The van der Waals surface area contributed by atoms with Gasteiger partial charge < -0.3 is 9.88 Å². The molecule has 0 saturated heterocycles. The molecule has 0 radical (unpaired) electrons. The molecule has 3 heterocycles. The first-order valence-electron chi connectivity index (χ1n) is 8.41. The van der Waals surface area contributed by atoms with E-state index in [0.717, 1.165) is 25.6 Å². The molecule has 1 amide bonds. The van der Waals surface area contributed by atoms with Crippen LogP contribution in [0.2, 0.25) is 0 Å². The summed E-state index contributed by atoms with van der Waals surface area (Å²) >= 11 is 4.93. The van der Waals surface area contributed by atoms with Gasteiger partial charge in [0.25, 0.3) is 5.91 Å². The lowest BCUT2D eigenvalue weighted by Crippen LogP contribution is -2.25. The maximum atomic E-state index is 14.2. The Bertz CT molecular complexity index is 1160. The Morgan fingerprint density at radius 3 is 2.82 bits per heavy atom. The molecule has 0 bridgehead atoms. The van der Waals surface area contributed by atoms with Crippen molar-refractivity contribution in [3.05, 3.63) is 87.1 Å². The average Bonchev–Trinajstić information content (AvgIpc) is 3.19. The van der Waals surface area contributed by atoms with Crippen LogP contribution in [-0.2, 0) is 13.1 Å². The second-order valence-corrected chi connectivity index (χ2v) is 8.66. The maximum Gasteiger partial charge on any atom is 0.268 e. The fourth-order valence-electron chi connectivity index (χ4n) is 2.97. The van der Waals surface area contributed by atoms with Crippen molar-refractivity contribution in [3.63, 3.8) is 0 Å². The van der Waals surface area contributed by atoms with Gasteiger partial charge in [-0.2, -0.15) is 0 Å². The van der Waals surface area contributed by atoms with Crippen molar-refractivity contribution in [3.8, 4) is 0 Å². The van der Waals surface area contributed by atoms with E-state index in [0.29, 0.717) is 17.8 Å². The van der Waals surface area contributed by atoms with Crippen LogP contribution in [0, 0.1) is 11.6 Å². The van der Waals surface area contributed by atoms with Gasteiger partial charge in [0.2, 0.25) is 0 Å². The smallest absolute Gasteiger partial charge is 0.268 e. The number of nitrogens with zero attached hydrogens (tertiary/aromatic N) is 2. The summed E-state index contributed by atoms with van der Waals surface area (Å²) in [7, 11) is 0. The summed E-state index contributed by atoms with van der Waals surface area (Å²) in [5.74, 6) is -1.55. The van der Waals surface area contributed by atoms with Crippen molar-refractivity contribution < 1.29 is 13.6 Å². The summed E-state index contributed by atoms with van der Waals surface area (Å²) in [4.78, 5) is 16.8. The van der Waals surface area contributed by atoms with Crippen molar-refractivity contribution >= 4 is 43.4 Å². The number of pyridine rings is 1. The lowest BCUT2D eigenvalue weighted by molar-refractivity contribution is 0.0942. The number of fused-ring (bicyclic) bond motifs is 1. The molecular weight excluding hydrogens is 448 g/mol. The number of carbonyl (C=O) groups is 1. The van der Waals surface area contributed by atoms with Gasteiger partial charge in [-0.3, -0.25) is 9.78 Å². The number of amides is 1. The minimum absolute atomic E-state index is 0.119. The van der Waals surface area contributed by atoms with E-state index in [-0.39, 0.29) is 12.5 Å². The molecule has 4 nitrogen and oxygen atoms in total. The molecule has 0 aliphatic carbocycles. The molecule has 0 spiro atoms. The number of rotatable bonds is 5. The fraction of sp³-hybridized carbons (Fsp3) is 0.100. The van der Waals surface area contributed by atoms with Crippen LogP contribution in [0.5, 0.6) is 0 Å². The highest BCUT2D eigenvalue weighted by Crippen LogP contribution is 2.33. The third kappa shape index (κ3) is 3.83. The van der Waals surface area contributed by atoms with E-state index >= 15 is 0 Å². The summed E-state index contributed by atoms with van der Waals surface area (Å²) in [6.45, 7) is 0.453. The third-order valence-corrected chi connectivity index (χ3v) is 5.89. The van der Waals surface area contributed by atoms with Gasteiger partial charge in [0, 0.05) is 30.6 Å². The first-order valence-corrected chi connectivity index (χ1v) is 10.0. The van der Waals surface area contributed by atoms with E-state index in [9.17, 15) is 13.6 Å². The van der Waals surface area contributed by atoms with E-state index in [4.69, 9.17) is 0 Å². The lowest BCUT2D eigenvalue weighted by atomic mass is 10.2. The number of hydrogen-bond acceptors (Lipinski definition) is 3. The molecule has 28 heavy (non-hydrogen) atoms. The van der Waals surface area contributed by atoms with Crippen molar-refractivity contribution in [1.82, 2.24) is 14.9 Å². The predicted octanol–water partition coefficient (Wildman–Crippen LogP) is 5.12. The molecule has 3 aromatic heterocycles. The molecular formula is C20H14BrF2N3OS. The topological polar surface area (TPSA) is 46.9 Å². The Morgan fingerprint density at radius 1 is 1.21 bits per heavy atom. The van der Waals surface area contributed by atoms with E-state index in [1.807, 2.05) is 12.1 Å². The first kappa shape index (κ1) is 18.8. The minimum Gasteiger partial charge on any atom is -0.347 e. The number of halogens is 3. The van der Waals surface area contributed by atoms with Crippen LogP contribution in [0.25, 0.3) is 10.2 Å². The average molecular weight is 462 g/mol. The largest absolute Gasteiger partial charge is 0.347 e. The van der Waals surface area contributed by atoms with Crippen LogP contribution in [-0.4, -0.2) is 15.5 Å². The van der Waals surface area contributed by atoms with Gasteiger partial charge in [0.15, 0.2) is 0 Å². The number of thiophene rings is 1. The molecule has 0 aliphatic heterocycles. The molecule has 0 atom stereocenters. The zero-order valence-corrected chi connectivity index (χ0v) is 16.9. The van der Waals surface area contributed by atoms with Crippen molar-refractivity contribution in [1.29, 1.82) is 0 Å². The van der Waals surface area contributed by atoms with E-state index in [2.05, 4.69) is 26.2 Å².